The number of ether oxygens (including phenoxy) is 3. The van der Waals surface area contributed by atoms with Crippen LogP contribution >= 0.6 is 0 Å². The van der Waals surface area contributed by atoms with Crippen molar-refractivity contribution < 1.29 is 24.1 Å². The van der Waals surface area contributed by atoms with Crippen molar-refractivity contribution in [3.8, 4) is 0 Å². The molecule has 7 nitrogen and oxygen atoms in total. The molecule has 146 valence electrons. The Morgan fingerprint density at radius 3 is 2.77 bits per heavy atom. The van der Waals surface area contributed by atoms with E-state index in [0.717, 1.165) is 17.2 Å². The minimum Gasteiger partial charge on any atom is -0.469 e. The van der Waals surface area contributed by atoms with Crippen LogP contribution in [0.3, 0.4) is 0 Å². The smallest absolute Gasteiger partial charge is 0.305 e. The second-order valence-electron chi connectivity index (χ2n) is 7.13. The predicted molar refractivity (Wildman–Crippen MR) is 97.3 cm³/mol. The fourth-order valence-electron chi connectivity index (χ4n) is 3.25. The van der Waals surface area contributed by atoms with E-state index < -0.39 is 11.9 Å². The van der Waals surface area contributed by atoms with Crippen LogP contribution in [-0.2, 0) is 26.1 Å². The molecule has 1 N–H and O–H groups in total. The molecule has 2 rings (SSSR count). The van der Waals surface area contributed by atoms with Crippen LogP contribution in [0, 0.1) is 6.92 Å². The summed E-state index contributed by atoms with van der Waals surface area (Å²) in [4.78, 5) is 15.8. The van der Waals surface area contributed by atoms with Crippen molar-refractivity contribution in [2.75, 3.05) is 7.11 Å². The zero-order valence-electron chi connectivity index (χ0n) is 16.5. The minimum absolute atomic E-state index is 0.147. The summed E-state index contributed by atoms with van der Waals surface area (Å²) in [5.74, 6) is -0.0714. The molecular formula is C19H30N2O5. The number of nitrogens with zero attached hydrogens (tertiary/aromatic N) is 2. The predicted octanol–water partition coefficient (Wildman–Crippen LogP) is 2.66. The van der Waals surface area contributed by atoms with Gasteiger partial charge in [0.2, 0.25) is 0 Å². The highest BCUT2D eigenvalue weighted by Crippen LogP contribution is 2.32. The Bertz CT molecular complexity index is 663. The first-order valence-electron chi connectivity index (χ1n) is 8.96. The molecule has 1 aromatic rings. The third-order valence-corrected chi connectivity index (χ3v) is 4.55. The van der Waals surface area contributed by atoms with Gasteiger partial charge in [0.1, 0.15) is 11.9 Å². The average Bonchev–Trinajstić information content (AvgIpc) is 3.00. The van der Waals surface area contributed by atoms with Crippen molar-refractivity contribution in [1.82, 2.24) is 9.55 Å². The molecule has 1 aromatic heterocycles. The largest absolute Gasteiger partial charge is 0.469 e. The molecule has 1 saturated heterocycles. The van der Waals surface area contributed by atoms with Gasteiger partial charge >= 0.3 is 5.97 Å². The van der Waals surface area contributed by atoms with E-state index in [2.05, 4.69) is 9.72 Å². The second-order valence-corrected chi connectivity index (χ2v) is 7.13. The van der Waals surface area contributed by atoms with E-state index in [1.165, 1.54) is 7.11 Å². The number of aromatic nitrogens is 2. The monoisotopic (exact) mass is 366 g/mol. The van der Waals surface area contributed by atoms with Crippen molar-refractivity contribution in [2.24, 2.45) is 7.05 Å². The lowest BCUT2D eigenvalue weighted by Gasteiger charge is -2.16. The van der Waals surface area contributed by atoms with E-state index in [1.54, 1.807) is 6.92 Å². The first-order valence-corrected chi connectivity index (χ1v) is 8.96. The molecule has 1 aliphatic rings. The Labute approximate surface area is 155 Å². The summed E-state index contributed by atoms with van der Waals surface area (Å²) >= 11 is 0. The minimum atomic E-state index is -0.682. The molecule has 0 aromatic carbocycles. The fourth-order valence-corrected chi connectivity index (χ4v) is 3.25. The summed E-state index contributed by atoms with van der Waals surface area (Å²) in [5.41, 5.74) is 1.49. The molecule has 7 heteroatoms. The number of imidazole rings is 1. The van der Waals surface area contributed by atoms with Gasteiger partial charge in [0, 0.05) is 13.5 Å². The highest BCUT2D eigenvalue weighted by Gasteiger charge is 2.39. The van der Waals surface area contributed by atoms with E-state index in [4.69, 9.17) is 9.47 Å². The van der Waals surface area contributed by atoms with Crippen LogP contribution in [0.25, 0.3) is 6.08 Å². The third kappa shape index (κ3) is 4.93. The summed E-state index contributed by atoms with van der Waals surface area (Å²) in [5, 5.41) is 10.0. The SMILES string of the molecule is COC(=O)CCC[C@@H]1OC(C)(C)O[C@@H]1/C=C/c1nc(C)n(C)c1[C@H](C)O. The Morgan fingerprint density at radius 1 is 1.46 bits per heavy atom. The van der Waals surface area contributed by atoms with Gasteiger partial charge in [-0.3, -0.25) is 4.79 Å². The van der Waals surface area contributed by atoms with Crippen molar-refractivity contribution in [1.29, 1.82) is 0 Å². The topological polar surface area (TPSA) is 82.8 Å². The molecule has 3 atom stereocenters. The van der Waals surface area contributed by atoms with Gasteiger partial charge in [-0.05, 0) is 46.6 Å². The first-order chi connectivity index (χ1) is 12.1. The zero-order valence-corrected chi connectivity index (χ0v) is 16.5. The Balaban J connectivity index is 2.11. The molecule has 2 heterocycles. The number of carbonyl (C=O) groups is 1. The van der Waals surface area contributed by atoms with Gasteiger partial charge in [-0.2, -0.15) is 0 Å². The first kappa shape index (κ1) is 20.6. The average molecular weight is 366 g/mol. The van der Waals surface area contributed by atoms with Gasteiger partial charge < -0.3 is 23.9 Å². The van der Waals surface area contributed by atoms with Crippen molar-refractivity contribution >= 4 is 12.0 Å². The number of aryl methyl sites for hydroxylation is 1. The Morgan fingerprint density at radius 2 is 2.15 bits per heavy atom. The maximum absolute atomic E-state index is 11.3. The van der Waals surface area contributed by atoms with E-state index >= 15 is 0 Å². The quantitative estimate of drug-likeness (QED) is 0.747. The fraction of sp³-hybridized carbons (Fsp3) is 0.684. The summed E-state index contributed by atoms with van der Waals surface area (Å²) in [6.45, 7) is 7.37. The van der Waals surface area contributed by atoms with Crippen molar-refractivity contribution in [3.63, 3.8) is 0 Å². The summed E-state index contributed by atoms with van der Waals surface area (Å²) in [6.07, 6.45) is 4.51. The number of esters is 1. The van der Waals surface area contributed by atoms with Crippen LogP contribution in [0.1, 0.15) is 63.3 Å². The number of carbonyl (C=O) groups excluding carboxylic acids is 1. The third-order valence-electron chi connectivity index (χ3n) is 4.55. The summed E-state index contributed by atoms with van der Waals surface area (Å²) in [7, 11) is 3.27. The summed E-state index contributed by atoms with van der Waals surface area (Å²) < 4.78 is 18.5. The van der Waals surface area contributed by atoms with E-state index in [9.17, 15) is 9.90 Å². The molecule has 0 amide bonds. The molecule has 26 heavy (non-hydrogen) atoms. The van der Waals surface area contributed by atoms with Gasteiger partial charge in [0.15, 0.2) is 5.79 Å². The van der Waals surface area contributed by atoms with Crippen molar-refractivity contribution in [3.05, 3.63) is 23.3 Å². The molecule has 0 spiro atoms. The zero-order chi connectivity index (χ0) is 19.5. The number of hydrogen-bond acceptors (Lipinski definition) is 6. The van der Waals surface area contributed by atoms with Gasteiger partial charge in [0.05, 0.1) is 30.7 Å². The standard InChI is InChI=1S/C19H30N2O5/c1-12(22)18-14(20-13(2)21(18)5)10-11-16-15(25-19(3,4)26-16)8-7-9-17(23)24-6/h10-12,15-16,22H,7-9H2,1-6H3/b11-10+/t12-,15-,16+/m0/s1. The van der Waals surface area contributed by atoms with E-state index in [0.29, 0.717) is 19.3 Å². The number of aliphatic hydroxyl groups excluding tert-OH is 1. The van der Waals surface area contributed by atoms with Crippen LogP contribution in [-0.4, -0.2) is 45.7 Å². The maximum Gasteiger partial charge on any atom is 0.305 e. The molecule has 0 radical (unpaired) electrons. The molecule has 0 aliphatic carbocycles. The lowest BCUT2D eigenvalue weighted by molar-refractivity contribution is -0.144. The highest BCUT2D eigenvalue weighted by molar-refractivity contribution is 5.69. The molecule has 1 aliphatic heterocycles. The van der Waals surface area contributed by atoms with Crippen LogP contribution in [0.2, 0.25) is 0 Å². The number of methoxy groups -OCH3 is 1. The number of aliphatic hydroxyl groups is 1. The van der Waals surface area contributed by atoms with Gasteiger partial charge in [-0.15, -0.1) is 0 Å². The molecular weight excluding hydrogens is 336 g/mol. The van der Waals surface area contributed by atoms with E-state index in [1.807, 2.05) is 44.5 Å². The molecule has 0 unspecified atom stereocenters. The number of hydrogen-bond donors (Lipinski definition) is 1. The molecule has 1 fully saturated rings. The van der Waals surface area contributed by atoms with Crippen LogP contribution in [0.5, 0.6) is 0 Å². The lowest BCUT2D eigenvalue weighted by Crippen LogP contribution is -2.21. The normalized spacial score (nSPS) is 23.5. The molecule has 0 bridgehead atoms. The van der Waals surface area contributed by atoms with Gasteiger partial charge in [0.25, 0.3) is 0 Å². The van der Waals surface area contributed by atoms with Crippen LogP contribution < -0.4 is 0 Å². The Kier molecular flexibility index (Phi) is 6.60. The van der Waals surface area contributed by atoms with Gasteiger partial charge in [-0.25, -0.2) is 4.98 Å². The highest BCUT2D eigenvalue weighted by atomic mass is 16.7. The Hall–Kier alpha value is -1.70. The van der Waals surface area contributed by atoms with Crippen LogP contribution in [0.4, 0.5) is 0 Å². The lowest BCUT2D eigenvalue weighted by atomic mass is 10.1. The van der Waals surface area contributed by atoms with Crippen molar-refractivity contribution in [2.45, 2.75) is 71.1 Å². The maximum atomic E-state index is 11.3. The summed E-state index contributed by atoms with van der Waals surface area (Å²) in [6, 6.07) is 0. The number of rotatable bonds is 7. The molecule has 0 saturated carbocycles. The van der Waals surface area contributed by atoms with Gasteiger partial charge in [-0.1, -0.05) is 6.08 Å². The van der Waals surface area contributed by atoms with Crippen LogP contribution in [0.15, 0.2) is 6.08 Å². The second kappa shape index (κ2) is 8.33. The van der Waals surface area contributed by atoms with E-state index in [-0.39, 0.29) is 18.2 Å².